The highest BCUT2D eigenvalue weighted by Gasteiger charge is 2.26. The Labute approximate surface area is 154 Å². The average Bonchev–Trinajstić information content (AvgIpc) is 2.99. The Bertz CT molecular complexity index is 969. The van der Waals surface area contributed by atoms with Crippen molar-refractivity contribution in [3.05, 3.63) is 62.0 Å². The van der Waals surface area contributed by atoms with Crippen molar-refractivity contribution in [3.8, 4) is 0 Å². The van der Waals surface area contributed by atoms with Crippen molar-refractivity contribution in [2.45, 2.75) is 19.5 Å². The molecule has 1 aliphatic rings. The third-order valence-electron chi connectivity index (χ3n) is 4.37. The second-order valence-electron chi connectivity index (χ2n) is 6.14. The Hall–Kier alpha value is -1.80. The van der Waals surface area contributed by atoms with Gasteiger partial charge in [0, 0.05) is 42.5 Å². The van der Waals surface area contributed by atoms with Gasteiger partial charge in [0.05, 0.1) is 6.54 Å². The van der Waals surface area contributed by atoms with Crippen molar-refractivity contribution in [2.24, 2.45) is 0 Å². The smallest absolute Gasteiger partial charge is 0.275 e. The molecule has 2 aromatic heterocycles. The number of aromatic nitrogens is 3. The largest absolute Gasteiger partial charge is 0.314 e. The Balaban J connectivity index is 1.65. The maximum Gasteiger partial charge on any atom is 0.275 e. The van der Waals surface area contributed by atoms with Crippen LogP contribution in [-0.2, 0) is 6.54 Å². The maximum absolute atomic E-state index is 12.1. The highest BCUT2D eigenvalue weighted by atomic mass is 35.5. The molecule has 0 saturated carbocycles. The van der Waals surface area contributed by atoms with Crippen LogP contribution in [0.5, 0.6) is 0 Å². The quantitative estimate of drug-likeness (QED) is 0.760. The standard InChI is InChI=1S/C17H18ClN5OS/c1-11-8-16(24)23-17(20-11)25-15(21-23)10-22-7-6-19-9-14(22)12-4-2-3-5-13(12)18/h2-5,8,14,19H,6-7,9-10H2,1H3. The molecule has 1 saturated heterocycles. The predicted octanol–water partition coefficient (Wildman–Crippen LogP) is 2.26. The van der Waals surface area contributed by atoms with Crippen molar-refractivity contribution >= 4 is 27.9 Å². The molecule has 6 nitrogen and oxygen atoms in total. The van der Waals surface area contributed by atoms with Gasteiger partial charge in [-0.2, -0.15) is 9.61 Å². The van der Waals surface area contributed by atoms with Crippen LogP contribution in [0.25, 0.3) is 4.96 Å². The van der Waals surface area contributed by atoms with Gasteiger partial charge in [0.25, 0.3) is 5.56 Å². The molecule has 8 heteroatoms. The number of halogens is 1. The summed E-state index contributed by atoms with van der Waals surface area (Å²) in [5, 5.41) is 9.56. The van der Waals surface area contributed by atoms with Gasteiger partial charge in [0.15, 0.2) is 0 Å². The van der Waals surface area contributed by atoms with Crippen LogP contribution in [-0.4, -0.2) is 39.1 Å². The van der Waals surface area contributed by atoms with Crippen LogP contribution >= 0.6 is 22.9 Å². The van der Waals surface area contributed by atoms with E-state index in [0.717, 1.165) is 40.9 Å². The van der Waals surface area contributed by atoms with E-state index in [1.54, 1.807) is 0 Å². The number of benzene rings is 1. The minimum atomic E-state index is -0.132. The van der Waals surface area contributed by atoms with E-state index in [9.17, 15) is 4.79 Å². The van der Waals surface area contributed by atoms with E-state index < -0.39 is 0 Å². The van der Waals surface area contributed by atoms with Crippen LogP contribution in [0, 0.1) is 6.92 Å². The SMILES string of the molecule is Cc1cc(=O)n2nc(CN3CCNCC3c3ccccc3Cl)sc2n1. The lowest BCUT2D eigenvalue weighted by atomic mass is 10.0. The zero-order valence-electron chi connectivity index (χ0n) is 13.8. The number of aryl methyl sites for hydroxylation is 1. The predicted molar refractivity (Wildman–Crippen MR) is 99.3 cm³/mol. The van der Waals surface area contributed by atoms with E-state index in [1.807, 2.05) is 25.1 Å². The van der Waals surface area contributed by atoms with E-state index in [1.165, 1.54) is 21.9 Å². The van der Waals surface area contributed by atoms with Gasteiger partial charge in [-0.15, -0.1) is 0 Å². The van der Waals surface area contributed by atoms with Gasteiger partial charge in [0.2, 0.25) is 4.96 Å². The van der Waals surface area contributed by atoms with E-state index in [2.05, 4.69) is 26.4 Å². The Morgan fingerprint density at radius 1 is 1.40 bits per heavy atom. The van der Waals surface area contributed by atoms with E-state index in [4.69, 9.17) is 11.6 Å². The lowest BCUT2D eigenvalue weighted by molar-refractivity contribution is 0.153. The molecule has 4 rings (SSSR count). The van der Waals surface area contributed by atoms with Crippen LogP contribution in [0.4, 0.5) is 0 Å². The van der Waals surface area contributed by atoms with E-state index in [-0.39, 0.29) is 11.6 Å². The number of piperazine rings is 1. The third kappa shape index (κ3) is 3.32. The number of nitrogens with one attached hydrogen (secondary N) is 1. The highest BCUT2D eigenvalue weighted by Crippen LogP contribution is 2.30. The summed E-state index contributed by atoms with van der Waals surface area (Å²) in [4.78, 5) is 19.5. The van der Waals surface area contributed by atoms with Gasteiger partial charge in [-0.05, 0) is 18.6 Å². The zero-order chi connectivity index (χ0) is 17.4. The molecule has 0 aliphatic carbocycles. The molecule has 0 radical (unpaired) electrons. The fraction of sp³-hybridized carbons (Fsp3) is 0.353. The lowest BCUT2D eigenvalue weighted by Gasteiger charge is -2.36. The van der Waals surface area contributed by atoms with Crippen molar-refractivity contribution in [1.82, 2.24) is 24.8 Å². The van der Waals surface area contributed by atoms with Gasteiger partial charge in [-0.25, -0.2) is 4.98 Å². The summed E-state index contributed by atoms with van der Waals surface area (Å²) >= 11 is 7.87. The van der Waals surface area contributed by atoms with Crippen molar-refractivity contribution in [1.29, 1.82) is 0 Å². The normalized spacial score (nSPS) is 18.7. The number of nitrogens with zero attached hydrogens (tertiary/aromatic N) is 4. The first-order chi connectivity index (χ1) is 12.1. The molecule has 0 spiro atoms. The molecule has 1 aliphatic heterocycles. The second-order valence-corrected chi connectivity index (χ2v) is 7.59. The van der Waals surface area contributed by atoms with Crippen LogP contribution in [0.2, 0.25) is 5.02 Å². The molecule has 1 unspecified atom stereocenters. The van der Waals surface area contributed by atoms with Crippen molar-refractivity contribution in [2.75, 3.05) is 19.6 Å². The molecule has 1 N–H and O–H groups in total. The molecule has 130 valence electrons. The van der Waals surface area contributed by atoms with Crippen LogP contribution in [0.1, 0.15) is 22.3 Å². The van der Waals surface area contributed by atoms with E-state index in [0.29, 0.717) is 11.5 Å². The molecule has 0 amide bonds. The number of hydrogen-bond acceptors (Lipinski definition) is 6. The molecule has 1 fully saturated rings. The highest BCUT2D eigenvalue weighted by molar-refractivity contribution is 7.16. The van der Waals surface area contributed by atoms with Crippen LogP contribution in [0.3, 0.4) is 0 Å². The zero-order valence-corrected chi connectivity index (χ0v) is 15.3. The molecule has 3 aromatic rings. The Kier molecular flexibility index (Phi) is 4.56. The Morgan fingerprint density at radius 3 is 3.08 bits per heavy atom. The minimum absolute atomic E-state index is 0.132. The number of fused-ring (bicyclic) bond motifs is 1. The summed E-state index contributed by atoms with van der Waals surface area (Å²) in [5.74, 6) is 0. The van der Waals surface area contributed by atoms with Gasteiger partial charge in [-0.3, -0.25) is 9.69 Å². The van der Waals surface area contributed by atoms with Gasteiger partial charge < -0.3 is 5.32 Å². The molecular formula is C17H18ClN5OS. The average molecular weight is 376 g/mol. The molecule has 25 heavy (non-hydrogen) atoms. The van der Waals surface area contributed by atoms with Gasteiger partial charge >= 0.3 is 0 Å². The fourth-order valence-electron chi connectivity index (χ4n) is 3.19. The molecule has 1 atom stereocenters. The summed E-state index contributed by atoms with van der Waals surface area (Å²) < 4.78 is 1.39. The first-order valence-corrected chi connectivity index (χ1v) is 9.37. The molecule has 3 heterocycles. The summed E-state index contributed by atoms with van der Waals surface area (Å²) in [6.07, 6.45) is 0. The van der Waals surface area contributed by atoms with E-state index >= 15 is 0 Å². The first kappa shape index (κ1) is 16.7. The molecule has 1 aromatic carbocycles. The Morgan fingerprint density at radius 2 is 2.24 bits per heavy atom. The van der Waals surface area contributed by atoms with Crippen LogP contribution < -0.4 is 10.9 Å². The summed E-state index contributed by atoms with van der Waals surface area (Å²) in [5.41, 5.74) is 1.70. The third-order valence-corrected chi connectivity index (χ3v) is 5.61. The molecular weight excluding hydrogens is 358 g/mol. The minimum Gasteiger partial charge on any atom is -0.314 e. The lowest BCUT2D eigenvalue weighted by Crippen LogP contribution is -2.45. The topological polar surface area (TPSA) is 62.5 Å². The number of hydrogen-bond donors (Lipinski definition) is 1. The molecule has 0 bridgehead atoms. The maximum atomic E-state index is 12.1. The summed E-state index contributed by atoms with van der Waals surface area (Å²) in [7, 11) is 0. The number of rotatable bonds is 3. The van der Waals surface area contributed by atoms with Crippen molar-refractivity contribution < 1.29 is 0 Å². The monoisotopic (exact) mass is 375 g/mol. The van der Waals surface area contributed by atoms with Crippen molar-refractivity contribution in [3.63, 3.8) is 0 Å². The van der Waals surface area contributed by atoms with Gasteiger partial charge in [-0.1, -0.05) is 41.1 Å². The first-order valence-electron chi connectivity index (χ1n) is 8.17. The van der Waals surface area contributed by atoms with Gasteiger partial charge in [0.1, 0.15) is 5.01 Å². The summed E-state index contributed by atoms with van der Waals surface area (Å²) in [6, 6.07) is 9.64. The fourth-order valence-corrected chi connectivity index (χ4v) is 4.42. The van der Waals surface area contributed by atoms with Crippen LogP contribution in [0.15, 0.2) is 35.1 Å². The second kappa shape index (κ2) is 6.84. The summed E-state index contributed by atoms with van der Waals surface area (Å²) in [6.45, 7) is 5.15.